The summed E-state index contributed by atoms with van der Waals surface area (Å²) < 4.78 is 0. The Morgan fingerprint density at radius 1 is 0.200 bits per heavy atom. The van der Waals surface area contributed by atoms with Crippen molar-refractivity contribution in [2.45, 2.75) is 68.2 Å². The van der Waals surface area contributed by atoms with Gasteiger partial charge in [-0.05, 0) is 211 Å². The van der Waals surface area contributed by atoms with E-state index in [4.69, 9.17) is 0 Å². The highest BCUT2D eigenvalue weighted by molar-refractivity contribution is 5.83. The predicted octanol–water partition coefficient (Wildman–Crippen LogP) is 24.2. The van der Waals surface area contributed by atoms with Crippen LogP contribution in [0.4, 0.5) is 51.2 Å². The van der Waals surface area contributed by atoms with Crippen LogP contribution in [-0.4, -0.2) is 0 Å². The highest BCUT2D eigenvalue weighted by Crippen LogP contribution is 2.40. The Kier molecular flexibility index (Phi) is 20.6. The Hall–Kier alpha value is -9.96. The fourth-order valence-electron chi connectivity index (χ4n) is 10.4. The summed E-state index contributed by atoms with van der Waals surface area (Å²) in [4.78, 5) is 6.95. The first kappa shape index (κ1) is 59.7. The van der Waals surface area contributed by atoms with Crippen LogP contribution in [0.25, 0.3) is 33.4 Å². The third-order valence-corrected chi connectivity index (χ3v) is 14.8. The molecule has 0 radical (unpaired) electrons. The van der Waals surface area contributed by atoms with Crippen LogP contribution in [0.15, 0.2) is 309 Å². The monoisotopic (exact) mass is 1110 g/mol. The fraction of sp³-hybridized carbons (Fsp3) is 0.122. The van der Waals surface area contributed by atoms with Gasteiger partial charge in [0.05, 0.1) is 0 Å². The van der Waals surface area contributed by atoms with Crippen LogP contribution in [0.3, 0.4) is 0 Å². The average molecular weight is 1110 g/mol. The molecule has 3 heteroatoms. The number of hydrogen-bond acceptors (Lipinski definition) is 3. The molecule has 0 unspecified atom stereocenters. The molecule has 12 aromatic rings. The Balaban J connectivity index is 0.000000187. The van der Waals surface area contributed by atoms with Gasteiger partial charge in [-0.15, -0.1) is 0 Å². The molecule has 0 atom stereocenters. The van der Waals surface area contributed by atoms with Crippen molar-refractivity contribution in [2.24, 2.45) is 0 Å². The molecule has 0 N–H and O–H groups in total. The molecule has 0 heterocycles. The molecule has 12 aromatic carbocycles. The summed E-state index contributed by atoms with van der Waals surface area (Å²) >= 11 is 0. The summed E-state index contributed by atoms with van der Waals surface area (Å²) in [7, 11) is 0. The molecule has 12 rings (SSSR count). The van der Waals surface area contributed by atoms with Crippen molar-refractivity contribution in [1.29, 1.82) is 0 Å². The Morgan fingerprint density at radius 3 is 0.694 bits per heavy atom. The van der Waals surface area contributed by atoms with Crippen molar-refractivity contribution in [2.75, 3.05) is 14.7 Å². The molecule has 0 amide bonds. The Labute approximate surface area is 507 Å². The summed E-state index contributed by atoms with van der Waals surface area (Å²) in [6.07, 6.45) is 0. The minimum Gasteiger partial charge on any atom is -0.311 e. The van der Waals surface area contributed by atoms with E-state index in [2.05, 4.69) is 366 Å². The zero-order valence-corrected chi connectivity index (χ0v) is 50.9. The van der Waals surface area contributed by atoms with Crippen LogP contribution >= 0.6 is 0 Å². The molecule has 0 saturated carbocycles. The maximum absolute atomic E-state index is 2.33. The van der Waals surface area contributed by atoms with Gasteiger partial charge >= 0.3 is 0 Å². The van der Waals surface area contributed by atoms with Crippen LogP contribution in [0.5, 0.6) is 0 Å². The molecule has 0 aromatic heterocycles. The largest absolute Gasteiger partial charge is 0.311 e. The van der Waals surface area contributed by atoms with Crippen LogP contribution < -0.4 is 14.7 Å². The van der Waals surface area contributed by atoms with E-state index in [1.165, 1.54) is 78.1 Å². The number of benzene rings is 12. The third-order valence-electron chi connectivity index (χ3n) is 14.8. The number of para-hydroxylation sites is 1. The molecular formula is C82H79N3. The molecule has 3 nitrogen and oxygen atoms in total. The SMILES string of the molecule is CC.CC(C)c1ccccc1.Cc1ccc(-c2ccc(N(c3cccc(C)c3)c3cccc(C)c3)cc2)cc1.Cc1cccc(N(c2ccc(-c3ccc(N(c4ccccc4)c4ccc(-c5ccccc5)cc4)cc3)cc2)c2cccc(C)c2)c1. The molecule has 0 saturated heterocycles. The van der Waals surface area contributed by atoms with E-state index in [1.54, 1.807) is 0 Å². The number of rotatable bonds is 13. The first-order chi connectivity index (χ1) is 41.5. The molecule has 0 aliphatic heterocycles. The first-order valence-electron chi connectivity index (χ1n) is 29.8. The highest BCUT2D eigenvalue weighted by Gasteiger charge is 2.17. The van der Waals surface area contributed by atoms with Gasteiger partial charge in [0.15, 0.2) is 0 Å². The zero-order valence-electron chi connectivity index (χ0n) is 50.9. The summed E-state index contributed by atoms with van der Waals surface area (Å²) in [5.41, 5.74) is 25.3. The van der Waals surface area contributed by atoms with Gasteiger partial charge < -0.3 is 14.7 Å². The normalized spacial score (nSPS) is 10.5. The maximum Gasteiger partial charge on any atom is 0.0464 e. The van der Waals surface area contributed by atoms with E-state index >= 15 is 0 Å². The predicted molar refractivity (Wildman–Crippen MR) is 369 cm³/mol. The van der Waals surface area contributed by atoms with Crippen LogP contribution in [0.2, 0.25) is 0 Å². The van der Waals surface area contributed by atoms with E-state index in [1.807, 2.05) is 19.9 Å². The minimum atomic E-state index is 0.659. The number of aryl methyl sites for hydroxylation is 5. The molecular weight excluding hydrogens is 1030 g/mol. The quantitative estimate of drug-likeness (QED) is 0.114. The van der Waals surface area contributed by atoms with Crippen molar-refractivity contribution < 1.29 is 0 Å². The molecule has 0 spiro atoms. The number of nitrogens with zero attached hydrogens (tertiary/aromatic N) is 3. The van der Waals surface area contributed by atoms with Gasteiger partial charge in [-0.1, -0.05) is 233 Å². The number of hydrogen-bond donors (Lipinski definition) is 0. The Bertz CT molecular complexity index is 3860. The average Bonchev–Trinajstić information content (AvgIpc) is 3.62. The lowest BCUT2D eigenvalue weighted by atomic mass is 10.0. The standard InChI is InChI=1S/C44H36N2.C27H25N.C9H12.C2H6/c1-33-11-9-17-43(31-33)46(44-18-10-12-34(2)32-44)42-29-23-38(24-30-42)37-21-27-41(28-22-37)45(39-15-7-4-8-16-39)40-25-19-36(20-26-40)35-13-5-3-6-14-35;1-20-10-12-23(13-11-20)24-14-16-25(17-15-24)28(26-8-4-6-21(2)18-26)27-9-5-7-22(3)19-27;1-8(2)9-6-4-3-5-7-9;1-2/h3-32H,1-2H3;4-19H,1-3H3;3-8H,1-2H3;1-2H3. The van der Waals surface area contributed by atoms with E-state index in [-0.39, 0.29) is 0 Å². The summed E-state index contributed by atoms with van der Waals surface area (Å²) in [6.45, 7) is 19.1. The van der Waals surface area contributed by atoms with Gasteiger partial charge in [-0.3, -0.25) is 0 Å². The van der Waals surface area contributed by atoms with Gasteiger partial charge in [0.2, 0.25) is 0 Å². The second-order valence-electron chi connectivity index (χ2n) is 21.7. The first-order valence-corrected chi connectivity index (χ1v) is 29.8. The summed E-state index contributed by atoms with van der Waals surface area (Å²) in [5.74, 6) is 0.659. The van der Waals surface area contributed by atoms with Crippen molar-refractivity contribution in [3.8, 4) is 33.4 Å². The van der Waals surface area contributed by atoms with E-state index in [0.29, 0.717) is 5.92 Å². The second-order valence-corrected chi connectivity index (χ2v) is 21.7. The lowest BCUT2D eigenvalue weighted by Crippen LogP contribution is -2.10. The van der Waals surface area contributed by atoms with Crippen molar-refractivity contribution >= 4 is 51.2 Å². The zero-order chi connectivity index (χ0) is 59.5. The molecule has 85 heavy (non-hydrogen) atoms. The van der Waals surface area contributed by atoms with Gasteiger partial charge in [0.25, 0.3) is 0 Å². The molecule has 422 valence electrons. The summed E-state index contributed by atoms with van der Waals surface area (Å²) in [6, 6.07) is 110. The van der Waals surface area contributed by atoms with Gasteiger partial charge in [-0.25, -0.2) is 0 Å². The highest BCUT2D eigenvalue weighted by atomic mass is 15.2. The van der Waals surface area contributed by atoms with Gasteiger partial charge in [0.1, 0.15) is 0 Å². The summed E-state index contributed by atoms with van der Waals surface area (Å²) in [5, 5.41) is 0. The molecule has 0 aliphatic carbocycles. The smallest absolute Gasteiger partial charge is 0.0464 e. The molecule has 0 bridgehead atoms. The molecule has 0 aliphatic rings. The van der Waals surface area contributed by atoms with Crippen LogP contribution in [0.1, 0.15) is 67.0 Å². The lowest BCUT2D eigenvalue weighted by molar-refractivity contribution is 0.867. The van der Waals surface area contributed by atoms with Gasteiger partial charge in [0, 0.05) is 51.2 Å². The van der Waals surface area contributed by atoms with Crippen LogP contribution in [0, 0.1) is 34.6 Å². The van der Waals surface area contributed by atoms with Crippen molar-refractivity contribution in [3.63, 3.8) is 0 Å². The molecule has 0 fully saturated rings. The van der Waals surface area contributed by atoms with Crippen molar-refractivity contribution in [1.82, 2.24) is 0 Å². The van der Waals surface area contributed by atoms with Crippen LogP contribution in [-0.2, 0) is 0 Å². The maximum atomic E-state index is 2.33. The van der Waals surface area contributed by atoms with Crippen molar-refractivity contribution in [3.05, 3.63) is 343 Å². The van der Waals surface area contributed by atoms with E-state index in [9.17, 15) is 0 Å². The Morgan fingerprint density at radius 2 is 0.424 bits per heavy atom. The topological polar surface area (TPSA) is 9.72 Å². The number of anilines is 9. The van der Waals surface area contributed by atoms with E-state index < -0.39 is 0 Å². The second kappa shape index (κ2) is 29.3. The van der Waals surface area contributed by atoms with E-state index in [0.717, 1.165) is 39.8 Å². The minimum absolute atomic E-state index is 0.659. The van der Waals surface area contributed by atoms with Gasteiger partial charge in [-0.2, -0.15) is 0 Å². The third kappa shape index (κ3) is 15.8. The lowest BCUT2D eigenvalue weighted by Gasteiger charge is -2.26. The fourth-order valence-corrected chi connectivity index (χ4v) is 10.4.